The lowest BCUT2D eigenvalue weighted by Crippen LogP contribution is -2.31. The van der Waals surface area contributed by atoms with Crippen molar-refractivity contribution in [3.8, 4) is 5.75 Å². The predicted molar refractivity (Wildman–Crippen MR) is 53.0 cm³/mol. The maximum atomic E-state index is 5.89. The van der Waals surface area contributed by atoms with Gasteiger partial charge in [0, 0.05) is 17.1 Å². The van der Waals surface area contributed by atoms with E-state index in [0.29, 0.717) is 6.73 Å². The Balaban J connectivity index is 2.27. The van der Waals surface area contributed by atoms with Crippen LogP contribution < -0.4 is 4.74 Å². The van der Waals surface area contributed by atoms with Gasteiger partial charge in [-0.25, -0.2) is 0 Å². The third-order valence-corrected chi connectivity index (χ3v) is 2.50. The van der Waals surface area contributed by atoms with Crippen molar-refractivity contribution in [1.29, 1.82) is 0 Å². The van der Waals surface area contributed by atoms with Crippen LogP contribution in [0.5, 0.6) is 5.75 Å². The number of rotatable bonds is 1. The Bertz CT molecular complexity index is 314. The fraction of sp³-hybridized carbons (Fsp3) is 0.400. The number of halogens is 1. The molecule has 70 valence electrons. The monoisotopic (exact) mass is 197 g/mol. The number of nitrogens with zero attached hydrogens (tertiary/aromatic N) is 1. The molecular formula is C10H12ClNO. The number of hydrogen-bond acceptors (Lipinski definition) is 2. The molecule has 2 nitrogen and oxygen atoms in total. The molecule has 1 aliphatic heterocycles. The van der Waals surface area contributed by atoms with E-state index in [1.807, 2.05) is 18.2 Å². The molecule has 0 N–H and O–H groups in total. The Kier molecular flexibility index (Phi) is 2.42. The third-order valence-electron chi connectivity index (χ3n) is 2.27. The average molecular weight is 198 g/mol. The number of benzene rings is 1. The van der Waals surface area contributed by atoms with E-state index in [0.717, 1.165) is 23.9 Å². The van der Waals surface area contributed by atoms with Gasteiger partial charge >= 0.3 is 0 Å². The molecule has 0 saturated heterocycles. The minimum atomic E-state index is 0.686. The van der Waals surface area contributed by atoms with E-state index < -0.39 is 0 Å². The molecule has 3 heteroatoms. The van der Waals surface area contributed by atoms with Crippen molar-refractivity contribution in [3.63, 3.8) is 0 Å². The first kappa shape index (κ1) is 8.85. The van der Waals surface area contributed by atoms with Crippen LogP contribution in [0.25, 0.3) is 0 Å². The zero-order valence-electron chi connectivity index (χ0n) is 7.59. The van der Waals surface area contributed by atoms with Gasteiger partial charge in [0.05, 0.1) is 0 Å². The molecule has 1 aliphatic rings. The Morgan fingerprint density at radius 2 is 2.38 bits per heavy atom. The molecule has 1 heterocycles. The van der Waals surface area contributed by atoms with E-state index in [-0.39, 0.29) is 0 Å². The highest BCUT2D eigenvalue weighted by Crippen LogP contribution is 2.27. The highest BCUT2D eigenvalue weighted by molar-refractivity contribution is 6.30. The normalized spacial score (nSPS) is 16.5. The zero-order chi connectivity index (χ0) is 9.26. The van der Waals surface area contributed by atoms with E-state index in [1.165, 1.54) is 5.56 Å². The van der Waals surface area contributed by atoms with Crippen molar-refractivity contribution in [2.45, 2.75) is 13.5 Å². The van der Waals surface area contributed by atoms with E-state index in [9.17, 15) is 0 Å². The number of hydrogen-bond donors (Lipinski definition) is 0. The van der Waals surface area contributed by atoms with Crippen molar-refractivity contribution < 1.29 is 4.74 Å². The highest BCUT2D eigenvalue weighted by Gasteiger charge is 2.15. The van der Waals surface area contributed by atoms with Crippen molar-refractivity contribution in [1.82, 2.24) is 4.90 Å². The van der Waals surface area contributed by atoms with E-state index in [2.05, 4.69) is 11.8 Å². The van der Waals surface area contributed by atoms with Crippen molar-refractivity contribution >= 4 is 11.6 Å². The molecule has 0 saturated carbocycles. The van der Waals surface area contributed by atoms with Gasteiger partial charge in [-0.2, -0.15) is 0 Å². The summed E-state index contributed by atoms with van der Waals surface area (Å²) in [5.41, 5.74) is 1.18. The number of ether oxygens (including phenoxy) is 1. The largest absolute Gasteiger partial charge is 0.478 e. The van der Waals surface area contributed by atoms with Gasteiger partial charge in [0.15, 0.2) is 0 Å². The average Bonchev–Trinajstić information content (AvgIpc) is 2.16. The molecule has 0 aliphatic carbocycles. The molecular weight excluding hydrogens is 186 g/mol. The summed E-state index contributed by atoms with van der Waals surface area (Å²) in [5, 5.41) is 0.778. The fourth-order valence-electron chi connectivity index (χ4n) is 1.46. The number of fused-ring (bicyclic) bond motifs is 1. The van der Waals surface area contributed by atoms with E-state index in [1.54, 1.807) is 0 Å². The van der Waals surface area contributed by atoms with Gasteiger partial charge in [-0.05, 0) is 24.7 Å². The van der Waals surface area contributed by atoms with Gasteiger partial charge in [0.25, 0.3) is 0 Å². The van der Waals surface area contributed by atoms with Crippen LogP contribution in [0.1, 0.15) is 12.5 Å². The summed E-state index contributed by atoms with van der Waals surface area (Å²) < 4.78 is 5.55. The van der Waals surface area contributed by atoms with Crippen LogP contribution in [0.15, 0.2) is 18.2 Å². The molecule has 0 unspecified atom stereocenters. The lowest BCUT2D eigenvalue weighted by Gasteiger charge is -2.27. The van der Waals surface area contributed by atoms with Gasteiger partial charge in [-0.1, -0.05) is 18.5 Å². The van der Waals surface area contributed by atoms with E-state index >= 15 is 0 Å². The topological polar surface area (TPSA) is 12.5 Å². The van der Waals surface area contributed by atoms with Gasteiger partial charge in [0.2, 0.25) is 0 Å². The first-order valence-corrected chi connectivity index (χ1v) is 4.81. The summed E-state index contributed by atoms with van der Waals surface area (Å²) in [6.07, 6.45) is 0. The summed E-state index contributed by atoms with van der Waals surface area (Å²) in [6, 6.07) is 5.77. The van der Waals surface area contributed by atoms with Gasteiger partial charge < -0.3 is 4.74 Å². The summed E-state index contributed by atoms with van der Waals surface area (Å²) in [5.74, 6) is 0.967. The zero-order valence-corrected chi connectivity index (χ0v) is 8.34. The Morgan fingerprint density at radius 1 is 1.54 bits per heavy atom. The van der Waals surface area contributed by atoms with Crippen LogP contribution in [0.3, 0.4) is 0 Å². The van der Waals surface area contributed by atoms with Gasteiger partial charge in [0.1, 0.15) is 12.5 Å². The SMILES string of the molecule is CCN1COc2ccc(Cl)cc2C1. The molecule has 1 aromatic carbocycles. The van der Waals surface area contributed by atoms with Crippen LogP contribution in [-0.2, 0) is 6.54 Å². The Hall–Kier alpha value is -0.730. The summed E-state index contributed by atoms with van der Waals surface area (Å²) in [6.45, 7) is 4.75. The minimum absolute atomic E-state index is 0.686. The molecule has 13 heavy (non-hydrogen) atoms. The molecule has 0 bridgehead atoms. The maximum Gasteiger partial charge on any atom is 0.142 e. The summed E-state index contributed by atoms with van der Waals surface area (Å²) in [4.78, 5) is 2.22. The van der Waals surface area contributed by atoms with E-state index in [4.69, 9.17) is 16.3 Å². The van der Waals surface area contributed by atoms with Gasteiger partial charge in [-0.15, -0.1) is 0 Å². The fourth-order valence-corrected chi connectivity index (χ4v) is 1.66. The maximum absolute atomic E-state index is 5.89. The molecule has 2 rings (SSSR count). The molecule has 0 fully saturated rings. The Labute approximate surface area is 83.1 Å². The van der Waals surface area contributed by atoms with Crippen molar-refractivity contribution in [3.05, 3.63) is 28.8 Å². The molecule has 0 spiro atoms. The quantitative estimate of drug-likeness (QED) is 0.686. The predicted octanol–water partition coefficient (Wildman–Crippen LogP) is 2.51. The smallest absolute Gasteiger partial charge is 0.142 e. The molecule has 1 aromatic rings. The van der Waals surface area contributed by atoms with Crippen LogP contribution in [0, 0.1) is 0 Å². The second-order valence-corrected chi connectivity index (χ2v) is 3.61. The molecule has 0 aromatic heterocycles. The molecule has 0 radical (unpaired) electrons. The highest BCUT2D eigenvalue weighted by atomic mass is 35.5. The third kappa shape index (κ3) is 1.79. The van der Waals surface area contributed by atoms with Crippen molar-refractivity contribution in [2.24, 2.45) is 0 Å². The lowest BCUT2D eigenvalue weighted by atomic mass is 10.1. The van der Waals surface area contributed by atoms with Gasteiger partial charge in [-0.3, -0.25) is 4.90 Å². The summed E-state index contributed by atoms with van der Waals surface area (Å²) in [7, 11) is 0. The van der Waals surface area contributed by atoms with Crippen LogP contribution in [0.4, 0.5) is 0 Å². The molecule has 0 amide bonds. The molecule has 0 atom stereocenters. The van der Waals surface area contributed by atoms with Crippen LogP contribution in [0.2, 0.25) is 5.02 Å². The second-order valence-electron chi connectivity index (χ2n) is 3.17. The summed E-state index contributed by atoms with van der Waals surface area (Å²) >= 11 is 5.89. The lowest BCUT2D eigenvalue weighted by molar-refractivity contribution is 0.101. The first-order valence-electron chi connectivity index (χ1n) is 4.43. The van der Waals surface area contributed by atoms with Crippen molar-refractivity contribution in [2.75, 3.05) is 13.3 Å². The van der Waals surface area contributed by atoms with Crippen LogP contribution >= 0.6 is 11.6 Å². The Morgan fingerprint density at radius 3 is 3.15 bits per heavy atom. The second kappa shape index (κ2) is 3.56. The first-order chi connectivity index (χ1) is 6.29. The van der Waals surface area contributed by atoms with Crippen LogP contribution in [-0.4, -0.2) is 18.2 Å². The standard InChI is InChI=1S/C10H12ClNO/c1-2-12-6-8-5-9(11)3-4-10(8)13-7-12/h3-5H,2,6-7H2,1H3. The minimum Gasteiger partial charge on any atom is -0.478 e.